The van der Waals surface area contributed by atoms with Crippen LogP contribution in [0.3, 0.4) is 0 Å². The Labute approximate surface area is 126 Å². The maximum absolute atomic E-state index is 13.8. The van der Waals surface area contributed by atoms with Crippen molar-refractivity contribution in [2.24, 2.45) is 11.3 Å². The monoisotopic (exact) mass is 304 g/mol. The van der Waals surface area contributed by atoms with Crippen molar-refractivity contribution in [1.82, 2.24) is 5.32 Å². The summed E-state index contributed by atoms with van der Waals surface area (Å²) < 4.78 is 14.5. The zero-order valence-electron chi connectivity index (χ0n) is 11.6. The van der Waals surface area contributed by atoms with Gasteiger partial charge in [0.1, 0.15) is 10.7 Å². The third-order valence-electron chi connectivity index (χ3n) is 4.84. The topological polar surface area (TPSA) is 55.1 Å². The van der Waals surface area contributed by atoms with Crippen LogP contribution in [-0.2, 0) is 0 Å². The third kappa shape index (κ3) is 2.11. The van der Waals surface area contributed by atoms with E-state index in [0.29, 0.717) is 15.7 Å². The molecule has 3 N–H and O–H groups in total. The number of nitrogens with two attached hydrogens (primary N) is 1. The average molecular weight is 304 g/mol. The van der Waals surface area contributed by atoms with E-state index in [1.165, 1.54) is 43.1 Å². The molecule has 0 bridgehead atoms. The smallest absolute Gasteiger partial charge is 0.263 e. The predicted molar refractivity (Wildman–Crippen MR) is 82.9 cm³/mol. The molecule has 21 heavy (non-hydrogen) atoms. The first-order valence-corrected chi connectivity index (χ1v) is 8.17. The Morgan fingerprint density at radius 1 is 1.43 bits per heavy atom. The van der Waals surface area contributed by atoms with Crippen molar-refractivity contribution in [1.29, 1.82) is 0 Å². The first-order valence-electron chi connectivity index (χ1n) is 7.35. The minimum absolute atomic E-state index is 0.167. The molecule has 3 nitrogen and oxygen atoms in total. The number of amides is 1. The molecule has 2 aromatic rings. The van der Waals surface area contributed by atoms with Crippen molar-refractivity contribution in [2.75, 3.05) is 12.3 Å². The fourth-order valence-electron chi connectivity index (χ4n) is 3.22. The lowest BCUT2D eigenvalue weighted by Gasteiger charge is -2.14. The molecule has 0 aliphatic heterocycles. The SMILES string of the molecule is Nc1c(C(=O)NCC2(C3CC3)CC2)sc2cccc(F)c12. The van der Waals surface area contributed by atoms with Crippen LogP contribution in [0, 0.1) is 17.2 Å². The summed E-state index contributed by atoms with van der Waals surface area (Å²) in [5.74, 6) is 0.270. The van der Waals surface area contributed by atoms with Crippen LogP contribution in [0.2, 0.25) is 0 Å². The van der Waals surface area contributed by atoms with E-state index in [9.17, 15) is 9.18 Å². The highest BCUT2D eigenvalue weighted by Crippen LogP contribution is 2.60. The first-order chi connectivity index (χ1) is 10.1. The number of hydrogen-bond acceptors (Lipinski definition) is 3. The summed E-state index contributed by atoms with van der Waals surface area (Å²) in [6.45, 7) is 0.729. The molecular weight excluding hydrogens is 287 g/mol. The zero-order valence-corrected chi connectivity index (χ0v) is 12.4. The molecule has 110 valence electrons. The summed E-state index contributed by atoms with van der Waals surface area (Å²) in [5.41, 5.74) is 6.60. The van der Waals surface area contributed by atoms with Gasteiger partial charge < -0.3 is 11.1 Å². The van der Waals surface area contributed by atoms with Crippen molar-refractivity contribution >= 4 is 33.0 Å². The Bertz CT molecular complexity index is 731. The normalized spacial score (nSPS) is 19.7. The van der Waals surface area contributed by atoms with Gasteiger partial charge in [0.2, 0.25) is 0 Å². The number of carbonyl (C=O) groups excluding carboxylic acids is 1. The highest BCUT2D eigenvalue weighted by molar-refractivity contribution is 7.21. The summed E-state index contributed by atoms with van der Waals surface area (Å²) in [4.78, 5) is 12.8. The van der Waals surface area contributed by atoms with Crippen molar-refractivity contribution in [3.8, 4) is 0 Å². The van der Waals surface area contributed by atoms with E-state index >= 15 is 0 Å². The Kier molecular flexibility index (Phi) is 2.76. The second-order valence-corrected chi connectivity index (χ2v) is 7.33. The lowest BCUT2D eigenvalue weighted by atomic mass is 10.0. The maximum Gasteiger partial charge on any atom is 0.263 e. The molecule has 1 aromatic heterocycles. The number of anilines is 1. The number of fused-ring (bicyclic) bond motifs is 1. The van der Waals surface area contributed by atoms with E-state index in [4.69, 9.17) is 5.73 Å². The Morgan fingerprint density at radius 3 is 2.81 bits per heavy atom. The number of carbonyl (C=O) groups is 1. The molecular formula is C16H17FN2OS. The maximum atomic E-state index is 13.8. The Hall–Kier alpha value is -1.62. The van der Waals surface area contributed by atoms with Crippen molar-refractivity contribution < 1.29 is 9.18 Å². The molecule has 2 aliphatic rings. The number of thiophene rings is 1. The fourth-order valence-corrected chi connectivity index (χ4v) is 4.27. The molecule has 1 heterocycles. The van der Waals surface area contributed by atoms with Crippen molar-refractivity contribution in [3.05, 3.63) is 28.9 Å². The standard InChI is InChI=1S/C16H17FN2OS/c17-10-2-1-3-11-12(10)13(18)14(21-11)15(20)19-8-16(6-7-16)9-4-5-9/h1-3,9H,4-8,18H2,(H,19,20). The fraction of sp³-hybridized carbons (Fsp3) is 0.438. The minimum atomic E-state index is -0.364. The summed E-state index contributed by atoms with van der Waals surface area (Å²) in [6.07, 6.45) is 5.03. The van der Waals surface area contributed by atoms with E-state index in [1.54, 1.807) is 12.1 Å². The molecule has 0 atom stereocenters. The van der Waals surface area contributed by atoms with Gasteiger partial charge in [-0.05, 0) is 49.1 Å². The summed E-state index contributed by atoms with van der Waals surface area (Å²) in [7, 11) is 0. The number of nitrogens with one attached hydrogen (secondary N) is 1. The molecule has 1 aromatic carbocycles. The Balaban J connectivity index is 1.57. The molecule has 2 fully saturated rings. The molecule has 5 heteroatoms. The van der Waals surface area contributed by atoms with Crippen LogP contribution in [0.4, 0.5) is 10.1 Å². The summed E-state index contributed by atoms with van der Waals surface area (Å²) >= 11 is 1.26. The van der Waals surface area contributed by atoms with Gasteiger partial charge in [0, 0.05) is 11.2 Å². The number of halogens is 1. The quantitative estimate of drug-likeness (QED) is 0.907. The van der Waals surface area contributed by atoms with Gasteiger partial charge in [0.25, 0.3) is 5.91 Å². The molecule has 0 saturated heterocycles. The van der Waals surface area contributed by atoms with Gasteiger partial charge in [-0.25, -0.2) is 4.39 Å². The van der Waals surface area contributed by atoms with Crippen LogP contribution >= 0.6 is 11.3 Å². The van der Waals surface area contributed by atoms with Gasteiger partial charge in [-0.15, -0.1) is 11.3 Å². The third-order valence-corrected chi connectivity index (χ3v) is 6.01. The van der Waals surface area contributed by atoms with E-state index in [1.807, 2.05) is 0 Å². The minimum Gasteiger partial charge on any atom is -0.397 e. The van der Waals surface area contributed by atoms with Gasteiger partial charge in [-0.3, -0.25) is 4.79 Å². The van der Waals surface area contributed by atoms with E-state index < -0.39 is 0 Å². The highest BCUT2D eigenvalue weighted by atomic mass is 32.1. The van der Waals surface area contributed by atoms with Gasteiger partial charge in [-0.1, -0.05) is 6.07 Å². The van der Waals surface area contributed by atoms with E-state index in [0.717, 1.165) is 17.2 Å². The molecule has 1 amide bonds. The zero-order chi connectivity index (χ0) is 14.6. The van der Waals surface area contributed by atoms with Gasteiger partial charge in [0.05, 0.1) is 11.1 Å². The average Bonchev–Trinajstić information content (AvgIpc) is 3.34. The van der Waals surface area contributed by atoms with Crippen molar-refractivity contribution in [2.45, 2.75) is 25.7 Å². The van der Waals surface area contributed by atoms with E-state index in [-0.39, 0.29) is 17.4 Å². The first kappa shape index (κ1) is 13.1. The van der Waals surface area contributed by atoms with Gasteiger partial charge >= 0.3 is 0 Å². The molecule has 0 radical (unpaired) electrons. The highest BCUT2D eigenvalue weighted by Gasteiger charge is 2.53. The van der Waals surface area contributed by atoms with Gasteiger partial charge in [-0.2, -0.15) is 0 Å². The van der Waals surface area contributed by atoms with Crippen LogP contribution in [0.15, 0.2) is 18.2 Å². The van der Waals surface area contributed by atoms with E-state index in [2.05, 4.69) is 5.32 Å². The van der Waals surface area contributed by atoms with Crippen LogP contribution in [-0.4, -0.2) is 12.5 Å². The molecule has 0 spiro atoms. The largest absolute Gasteiger partial charge is 0.397 e. The lowest BCUT2D eigenvalue weighted by Crippen LogP contribution is -2.31. The van der Waals surface area contributed by atoms with Gasteiger partial charge in [0.15, 0.2) is 0 Å². The van der Waals surface area contributed by atoms with Crippen LogP contribution in [0.5, 0.6) is 0 Å². The summed E-state index contributed by atoms with van der Waals surface area (Å²) in [5, 5.41) is 3.38. The number of rotatable bonds is 4. The predicted octanol–water partition coefficient (Wildman–Crippen LogP) is 3.54. The molecule has 4 rings (SSSR count). The van der Waals surface area contributed by atoms with Crippen LogP contribution in [0.25, 0.3) is 10.1 Å². The van der Waals surface area contributed by atoms with Crippen LogP contribution < -0.4 is 11.1 Å². The number of hydrogen-bond donors (Lipinski definition) is 2. The Morgan fingerprint density at radius 2 is 2.19 bits per heavy atom. The molecule has 2 aliphatic carbocycles. The molecule has 2 saturated carbocycles. The molecule has 0 unspecified atom stereocenters. The van der Waals surface area contributed by atoms with Crippen molar-refractivity contribution in [3.63, 3.8) is 0 Å². The summed E-state index contributed by atoms with van der Waals surface area (Å²) in [6, 6.07) is 4.81. The lowest BCUT2D eigenvalue weighted by molar-refractivity contribution is 0.0947. The number of benzene rings is 1. The van der Waals surface area contributed by atoms with Crippen LogP contribution in [0.1, 0.15) is 35.4 Å². The number of nitrogen functional groups attached to an aromatic ring is 1. The second kappa shape index (κ2) is 4.44. The second-order valence-electron chi connectivity index (χ2n) is 6.28.